The van der Waals surface area contributed by atoms with Gasteiger partial charge in [-0.25, -0.2) is 4.79 Å². The summed E-state index contributed by atoms with van der Waals surface area (Å²) in [4.78, 5) is 22.4. The van der Waals surface area contributed by atoms with E-state index in [-0.39, 0.29) is 11.9 Å². The zero-order chi connectivity index (χ0) is 15.2. The monoisotopic (exact) mass is 294 g/mol. The predicted octanol–water partition coefficient (Wildman–Crippen LogP) is 1.40. The topological polar surface area (TPSA) is 76.6 Å². The summed E-state index contributed by atoms with van der Waals surface area (Å²) in [6.07, 6.45) is 1.68. The second kappa shape index (κ2) is 7.10. The first-order valence-electron chi connectivity index (χ1n) is 7.17. The lowest BCUT2D eigenvalue weighted by Gasteiger charge is -2.31. The molecule has 0 unspecified atom stereocenters. The van der Waals surface area contributed by atoms with Crippen LogP contribution in [0.4, 0.5) is 4.79 Å². The first kappa shape index (κ1) is 15.3. The summed E-state index contributed by atoms with van der Waals surface area (Å²) in [5.74, 6) is 1.95. The van der Waals surface area contributed by atoms with Gasteiger partial charge in [0.2, 0.25) is 11.8 Å². The summed E-state index contributed by atoms with van der Waals surface area (Å²) in [6.45, 7) is 3.98. The van der Waals surface area contributed by atoms with Crippen molar-refractivity contribution >= 4 is 6.03 Å². The number of aromatic nitrogens is 2. The summed E-state index contributed by atoms with van der Waals surface area (Å²) in [5.41, 5.74) is 0. The Morgan fingerprint density at radius 1 is 1.29 bits per heavy atom. The van der Waals surface area contributed by atoms with Crippen molar-refractivity contribution in [2.45, 2.75) is 25.7 Å². The molecule has 0 spiro atoms. The Morgan fingerprint density at radius 3 is 2.33 bits per heavy atom. The minimum Gasteiger partial charge on any atom is -0.481 e. The maximum Gasteiger partial charge on any atom is 0.317 e. The molecule has 116 valence electrons. The average molecular weight is 294 g/mol. The Balaban J connectivity index is 2.03. The van der Waals surface area contributed by atoms with Gasteiger partial charge in [-0.1, -0.05) is 0 Å². The van der Waals surface area contributed by atoms with E-state index in [0.29, 0.717) is 31.4 Å². The highest BCUT2D eigenvalue weighted by atomic mass is 16.5. The van der Waals surface area contributed by atoms with Crippen LogP contribution < -0.4 is 14.8 Å². The molecular formula is C14H22N4O3. The first-order valence-corrected chi connectivity index (χ1v) is 7.17. The highest BCUT2D eigenvalue weighted by Gasteiger charge is 2.26. The minimum atomic E-state index is 0.0000844. The molecule has 7 heteroatoms. The Morgan fingerprint density at radius 2 is 1.86 bits per heavy atom. The van der Waals surface area contributed by atoms with Gasteiger partial charge in [0.05, 0.1) is 20.3 Å². The van der Waals surface area contributed by atoms with Gasteiger partial charge < -0.3 is 19.7 Å². The van der Waals surface area contributed by atoms with Crippen molar-refractivity contribution in [1.29, 1.82) is 0 Å². The Hall–Kier alpha value is -2.05. The average Bonchev–Trinajstić information content (AvgIpc) is 2.54. The molecule has 0 bridgehead atoms. The molecule has 1 aliphatic rings. The summed E-state index contributed by atoms with van der Waals surface area (Å²) in [5, 5.41) is 2.82. The molecule has 0 aliphatic carbocycles. The summed E-state index contributed by atoms with van der Waals surface area (Å²) >= 11 is 0. The lowest BCUT2D eigenvalue weighted by molar-refractivity contribution is 0.180. The molecule has 1 aliphatic heterocycles. The number of amides is 2. The van der Waals surface area contributed by atoms with Gasteiger partial charge >= 0.3 is 6.03 Å². The molecule has 0 radical (unpaired) electrons. The van der Waals surface area contributed by atoms with Crippen LogP contribution in [0.3, 0.4) is 0 Å². The Kier molecular flexibility index (Phi) is 5.19. The molecule has 1 aromatic heterocycles. The fraction of sp³-hybridized carbons (Fsp3) is 0.643. The highest BCUT2D eigenvalue weighted by molar-refractivity contribution is 5.74. The van der Waals surface area contributed by atoms with Gasteiger partial charge in [-0.15, -0.1) is 0 Å². The van der Waals surface area contributed by atoms with E-state index in [9.17, 15) is 4.79 Å². The van der Waals surface area contributed by atoms with Crippen molar-refractivity contribution < 1.29 is 14.3 Å². The van der Waals surface area contributed by atoms with Gasteiger partial charge in [0, 0.05) is 25.6 Å². The van der Waals surface area contributed by atoms with Crippen LogP contribution in [0, 0.1) is 0 Å². The van der Waals surface area contributed by atoms with Crippen LogP contribution in [0.5, 0.6) is 11.8 Å². The van der Waals surface area contributed by atoms with Gasteiger partial charge in [0.15, 0.2) is 0 Å². The number of urea groups is 1. The number of likely N-dealkylation sites (tertiary alicyclic amines) is 1. The van der Waals surface area contributed by atoms with Crippen molar-refractivity contribution in [3.8, 4) is 11.8 Å². The van der Waals surface area contributed by atoms with Crippen molar-refractivity contribution in [3.05, 3.63) is 11.9 Å². The number of hydrogen-bond acceptors (Lipinski definition) is 5. The SMILES string of the molecule is CCNC(=O)N1CCC(c2nc(OC)cc(OC)n2)CC1. The zero-order valence-electron chi connectivity index (χ0n) is 12.8. The van der Waals surface area contributed by atoms with Crippen molar-refractivity contribution in [1.82, 2.24) is 20.2 Å². The quantitative estimate of drug-likeness (QED) is 0.908. The van der Waals surface area contributed by atoms with E-state index in [0.717, 1.165) is 18.7 Å². The maximum atomic E-state index is 11.8. The van der Waals surface area contributed by atoms with E-state index in [1.54, 1.807) is 20.3 Å². The molecule has 1 aromatic rings. The molecule has 1 fully saturated rings. The standard InChI is InChI=1S/C14H22N4O3/c1-4-15-14(19)18-7-5-10(6-8-18)13-16-11(20-2)9-12(17-13)21-3/h9-10H,4-8H2,1-3H3,(H,15,19). The third kappa shape index (κ3) is 3.74. The fourth-order valence-corrected chi connectivity index (χ4v) is 2.42. The number of carbonyl (C=O) groups excluding carboxylic acids is 1. The number of ether oxygens (including phenoxy) is 2. The van der Waals surface area contributed by atoms with Crippen LogP contribution in [0.25, 0.3) is 0 Å². The zero-order valence-corrected chi connectivity index (χ0v) is 12.8. The number of nitrogens with one attached hydrogen (secondary N) is 1. The molecular weight excluding hydrogens is 272 g/mol. The van der Waals surface area contributed by atoms with Crippen molar-refractivity contribution in [2.75, 3.05) is 33.9 Å². The summed E-state index contributed by atoms with van der Waals surface area (Å²) in [6, 6.07) is 1.66. The molecule has 1 saturated heterocycles. The third-order valence-corrected chi connectivity index (χ3v) is 3.59. The smallest absolute Gasteiger partial charge is 0.317 e. The molecule has 0 aromatic carbocycles. The first-order chi connectivity index (χ1) is 10.2. The lowest BCUT2D eigenvalue weighted by atomic mass is 9.96. The van der Waals surface area contributed by atoms with E-state index in [1.165, 1.54) is 0 Å². The van der Waals surface area contributed by atoms with Crippen LogP contribution in [-0.2, 0) is 0 Å². The molecule has 1 N–H and O–H groups in total. The van der Waals surface area contributed by atoms with Gasteiger partial charge in [-0.3, -0.25) is 0 Å². The molecule has 21 heavy (non-hydrogen) atoms. The fourth-order valence-electron chi connectivity index (χ4n) is 2.42. The molecule has 2 rings (SSSR count). The predicted molar refractivity (Wildman–Crippen MR) is 77.8 cm³/mol. The second-order valence-electron chi connectivity index (χ2n) is 4.91. The summed E-state index contributed by atoms with van der Waals surface area (Å²) < 4.78 is 10.3. The number of carbonyl (C=O) groups is 1. The van der Waals surface area contributed by atoms with Crippen LogP contribution in [0.15, 0.2) is 6.07 Å². The maximum absolute atomic E-state index is 11.8. The number of rotatable bonds is 4. The number of piperidine rings is 1. The Labute approximate surface area is 124 Å². The second-order valence-corrected chi connectivity index (χ2v) is 4.91. The number of hydrogen-bond donors (Lipinski definition) is 1. The van der Waals surface area contributed by atoms with E-state index in [1.807, 2.05) is 11.8 Å². The Bertz CT molecular complexity index is 465. The minimum absolute atomic E-state index is 0.0000844. The molecule has 2 heterocycles. The van der Waals surface area contributed by atoms with Gasteiger partial charge in [-0.2, -0.15) is 9.97 Å². The van der Waals surface area contributed by atoms with Crippen LogP contribution in [0.1, 0.15) is 31.5 Å². The number of methoxy groups -OCH3 is 2. The van der Waals surface area contributed by atoms with E-state index in [2.05, 4.69) is 15.3 Å². The molecule has 2 amide bonds. The van der Waals surface area contributed by atoms with Gasteiger partial charge in [-0.05, 0) is 19.8 Å². The summed E-state index contributed by atoms with van der Waals surface area (Å²) in [7, 11) is 3.15. The largest absolute Gasteiger partial charge is 0.481 e. The van der Waals surface area contributed by atoms with Crippen LogP contribution >= 0.6 is 0 Å². The molecule has 7 nitrogen and oxygen atoms in total. The third-order valence-electron chi connectivity index (χ3n) is 3.59. The van der Waals surface area contributed by atoms with Gasteiger partial charge in [0.25, 0.3) is 0 Å². The van der Waals surface area contributed by atoms with Crippen molar-refractivity contribution in [3.63, 3.8) is 0 Å². The highest BCUT2D eigenvalue weighted by Crippen LogP contribution is 2.28. The molecule has 0 saturated carbocycles. The van der Waals surface area contributed by atoms with E-state index < -0.39 is 0 Å². The van der Waals surface area contributed by atoms with E-state index in [4.69, 9.17) is 9.47 Å². The molecule has 0 atom stereocenters. The van der Waals surface area contributed by atoms with Crippen LogP contribution in [0.2, 0.25) is 0 Å². The van der Waals surface area contributed by atoms with E-state index >= 15 is 0 Å². The van der Waals surface area contributed by atoms with Crippen molar-refractivity contribution in [2.24, 2.45) is 0 Å². The number of nitrogens with zero attached hydrogens (tertiary/aromatic N) is 3. The van der Waals surface area contributed by atoms with Gasteiger partial charge in [0.1, 0.15) is 5.82 Å². The normalized spacial score (nSPS) is 15.7. The lowest BCUT2D eigenvalue weighted by Crippen LogP contribution is -2.44. The van der Waals surface area contributed by atoms with Crippen LogP contribution in [-0.4, -0.2) is 54.8 Å².